The van der Waals surface area contributed by atoms with Crippen molar-refractivity contribution in [2.75, 3.05) is 6.26 Å². The Hall–Kier alpha value is -2.60. The van der Waals surface area contributed by atoms with Gasteiger partial charge < -0.3 is 9.72 Å². The normalized spacial score (nSPS) is 11.5. The van der Waals surface area contributed by atoms with Gasteiger partial charge in [-0.2, -0.15) is 0 Å². The summed E-state index contributed by atoms with van der Waals surface area (Å²) in [6.45, 7) is 0.155. The zero-order chi connectivity index (χ0) is 16.4. The first-order valence-corrected chi connectivity index (χ1v) is 8.86. The molecular formula is C17H15NO4S. The minimum absolute atomic E-state index is 0.155. The Morgan fingerprint density at radius 1 is 1.09 bits per heavy atom. The molecule has 0 radical (unpaired) electrons. The smallest absolute Gasteiger partial charge is 0.338 e. The Morgan fingerprint density at radius 2 is 1.83 bits per heavy atom. The van der Waals surface area contributed by atoms with Crippen molar-refractivity contribution in [3.63, 3.8) is 0 Å². The van der Waals surface area contributed by atoms with E-state index in [1.54, 1.807) is 0 Å². The lowest BCUT2D eigenvalue weighted by Crippen LogP contribution is -2.06. The molecule has 0 saturated heterocycles. The van der Waals surface area contributed by atoms with E-state index >= 15 is 0 Å². The van der Waals surface area contributed by atoms with Crippen LogP contribution in [0.4, 0.5) is 0 Å². The molecule has 0 aliphatic carbocycles. The highest BCUT2D eigenvalue weighted by atomic mass is 32.2. The number of carbonyl (C=O) groups is 1. The highest BCUT2D eigenvalue weighted by molar-refractivity contribution is 7.90. The minimum atomic E-state index is -3.27. The number of benzene rings is 2. The third-order valence-corrected chi connectivity index (χ3v) is 4.69. The predicted octanol–water partition coefficient (Wildman–Crippen LogP) is 2.93. The summed E-state index contributed by atoms with van der Waals surface area (Å²) in [6, 6.07) is 13.4. The fraction of sp³-hybridized carbons (Fsp3) is 0.118. The van der Waals surface area contributed by atoms with Gasteiger partial charge in [-0.3, -0.25) is 0 Å². The van der Waals surface area contributed by atoms with Gasteiger partial charge in [-0.15, -0.1) is 0 Å². The molecule has 1 aromatic heterocycles. The number of sulfone groups is 1. The van der Waals surface area contributed by atoms with Gasteiger partial charge in [0, 0.05) is 23.4 Å². The summed E-state index contributed by atoms with van der Waals surface area (Å²) in [5, 5.41) is 1.01. The van der Waals surface area contributed by atoms with E-state index in [0.717, 1.165) is 22.7 Å². The predicted molar refractivity (Wildman–Crippen MR) is 87.0 cm³/mol. The van der Waals surface area contributed by atoms with Crippen molar-refractivity contribution >= 4 is 26.7 Å². The number of rotatable bonds is 4. The van der Waals surface area contributed by atoms with Crippen molar-refractivity contribution in [2.24, 2.45) is 0 Å². The van der Waals surface area contributed by atoms with Crippen molar-refractivity contribution in [2.45, 2.75) is 11.5 Å². The first-order chi connectivity index (χ1) is 10.9. The molecular weight excluding hydrogens is 314 g/mol. The third kappa shape index (κ3) is 3.27. The maximum Gasteiger partial charge on any atom is 0.338 e. The molecule has 0 atom stereocenters. The fourth-order valence-corrected chi connectivity index (χ4v) is 2.97. The van der Waals surface area contributed by atoms with E-state index in [9.17, 15) is 13.2 Å². The van der Waals surface area contributed by atoms with Crippen LogP contribution in [0.15, 0.2) is 59.6 Å². The Bertz CT molecular complexity index is 956. The average Bonchev–Trinajstić information content (AvgIpc) is 3.01. The van der Waals surface area contributed by atoms with E-state index < -0.39 is 15.8 Å². The first-order valence-electron chi connectivity index (χ1n) is 6.97. The molecule has 0 unspecified atom stereocenters. The number of aromatic nitrogens is 1. The van der Waals surface area contributed by atoms with Gasteiger partial charge in [0.05, 0.1) is 10.5 Å². The van der Waals surface area contributed by atoms with Crippen LogP contribution in [-0.2, 0) is 21.2 Å². The first kappa shape index (κ1) is 15.3. The summed E-state index contributed by atoms with van der Waals surface area (Å²) in [4.78, 5) is 15.3. The number of ether oxygens (including phenoxy) is 1. The lowest BCUT2D eigenvalue weighted by Gasteiger charge is -2.07. The van der Waals surface area contributed by atoms with Crippen molar-refractivity contribution in [3.8, 4) is 0 Å². The van der Waals surface area contributed by atoms with Gasteiger partial charge in [0.2, 0.25) is 0 Å². The second-order valence-corrected chi connectivity index (χ2v) is 7.24. The molecule has 118 valence electrons. The van der Waals surface area contributed by atoms with E-state index in [4.69, 9.17) is 4.74 Å². The van der Waals surface area contributed by atoms with Crippen molar-refractivity contribution < 1.29 is 17.9 Å². The van der Waals surface area contributed by atoms with Gasteiger partial charge in [0.1, 0.15) is 6.61 Å². The molecule has 1 N–H and O–H groups in total. The van der Waals surface area contributed by atoms with Crippen molar-refractivity contribution in [1.82, 2.24) is 4.98 Å². The van der Waals surface area contributed by atoms with Crippen LogP contribution in [0.25, 0.3) is 10.9 Å². The van der Waals surface area contributed by atoms with Gasteiger partial charge in [-0.25, -0.2) is 13.2 Å². The molecule has 0 aliphatic heterocycles. The molecule has 0 amide bonds. The van der Waals surface area contributed by atoms with Crippen LogP contribution in [0, 0.1) is 0 Å². The van der Waals surface area contributed by atoms with Crippen LogP contribution in [0.3, 0.4) is 0 Å². The van der Waals surface area contributed by atoms with Gasteiger partial charge in [-0.05, 0) is 42.0 Å². The summed E-state index contributed by atoms with van der Waals surface area (Å²) in [5.74, 6) is -0.488. The molecule has 3 aromatic rings. The van der Waals surface area contributed by atoms with Crippen molar-refractivity contribution in [3.05, 3.63) is 65.9 Å². The van der Waals surface area contributed by atoms with Crippen molar-refractivity contribution in [1.29, 1.82) is 0 Å². The molecule has 23 heavy (non-hydrogen) atoms. The Kier molecular flexibility index (Phi) is 3.92. The highest BCUT2D eigenvalue weighted by Gasteiger charge is 2.11. The van der Waals surface area contributed by atoms with Gasteiger partial charge in [-0.1, -0.05) is 12.1 Å². The second kappa shape index (κ2) is 5.89. The largest absolute Gasteiger partial charge is 0.457 e. The molecule has 6 heteroatoms. The molecule has 2 aromatic carbocycles. The van der Waals surface area contributed by atoms with Gasteiger partial charge >= 0.3 is 5.97 Å². The number of fused-ring (bicyclic) bond motifs is 1. The van der Waals surface area contributed by atoms with Crippen LogP contribution in [0.1, 0.15) is 15.9 Å². The number of H-pyrrole nitrogens is 1. The average molecular weight is 329 g/mol. The molecule has 0 bridgehead atoms. The second-order valence-electron chi connectivity index (χ2n) is 5.23. The summed E-state index contributed by atoms with van der Waals surface area (Å²) < 4.78 is 28.1. The number of aromatic amines is 1. The minimum Gasteiger partial charge on any atom is -0.457 e. The molecule has 0 spiro atoms. The maximum absolute atomic E-state index is 12.1. The fourth-order valence-electron chi connectivity index (χ4n) is 2.34. The van der Waals surface area contributed by atoms with E-state index in [0.29, 0.717) is 5.56 Å². The van der Waals surface area contributed by atoms with Crippen LogP contribution < -0.4 is 0 Å². The number of carbonyl (C=O) groups excluding carboxylic acids is 1. The molecule has 1 heterocycles. The Morgan fingerprint density at radius 3 is 2.52 bits per heavy atom. The standard InChI is InChI=1S/C17H15NO4S/c1-23(20,21)14-7-5-12(6-8-14)17(19)22-11-13-3-2-4-16-15(13)9-10-18-16/h2-10,18H,11H2,1H3. The van der Waals surface area contributed by atoms with E-state index in [2.05, 4.69) is 4.98 Å². The summed E-state index contributed by atoms with van der Waals surface area (Å²) in [7, 11) is -3.27. The molecule has 0 aliphatic rings. The molecule has 3 rings (SSSR count). The van der Waals surface area contributed by atoms with Gasteiger partial charge in [0.25, 0.3) is 0 Å². The van der Waals surface area contributed by atoms with Crippen LogP contribution in [0.2, 0.25) is 0 Å². The van der Waals surface area contributed by atoms with Gasteiger partial charge in [0.15, 0.2) is 9.84 Å². The summed E-state index contributed by atoms with van der Waals surface area (Å²) in [5.41, 5.74) is 2.21. The summed E-state index contributed by atoms with van der Waals surface area (Å²) in [6.07, 6.45) is 2.96. The Labute approximate surface area is 133 Å². The maximum atomic E-state index is 12.1. The quantitative estimate of drug-likeness (QED) is 0.747. The molecule has 0 fully saturated rings. The number of hydrogen-bond donors (Lipinski definition) is 1. The zero-order valence-electron chi connectivity index (χ0n) is 12.4. The highest BCUT2D eigenvalue weighted by Crippen LogP contribution is 2.19. The SMILES string of the molecule is CS(=O)(=O)c1ccc(C(=O)OCc2cccc3[nH]ccc23)cc1. The van der Waals surface area contributed by atoms with E-state index in [1.165, 1.54) is 24.3 Å². The monoisotopic (exact) mass is 329 g/mol. The summed E-state index contributed by atoms with van der Waals surface area (Å²) >= 11 is 0. The lowest BCUT2D eigenvalue weighted by molar-refractivity contribution is 0.0474. The van der Waals surface area contributed by atoms with Crippen LogP contribution >= 0.6 is 0 Å². The lowest BCUT2D eigenvalue weighted by atomic mass is 10.1. The zero-order valence-corrected chi connectivity index (χ0v) is 13.3. The van der Waals surface area contributed by atoms with Crippen LogP contribution in [0.5, 0.6) is 0 Å². The van der Waals surface area contributed by atoms with E-state index in [1.807, 2.05) is 30.5 Å². The number of esters is 1. The third-order valence-electron chi connectivity index (χ3n) is 3.56. The van der Waals surface area contributed by atoms with Crippen LogP contribution in [-0.4, -0.2) is 25.6 Å². The Balaban J connectivity index is 1.73. The topological polar surface area (TPSA) is 76.2 Å². The molecule has 5 nitrogen and oxygen atoms in total. The number of nitrogens with one attached hydrogen (secondary N) is 1. The molecule has 0 saturated carbocycles. The van der Waals surface area contributed by atoms with E-state index in [-0.39, 0.29) is 11.5 Å². The number of hydrogen-bond acceptors (Lipinski definition) is 4.